The molecule has 3 aromatic rings. The number of ether oxygens (including phenoxy) is 2. The van der Waals surface area contributed by atoms with Crippen LogP contribution in [0.2, 0.25) is 0 Å². The van der Waals surface area contributed by atoms with Crippen molar-refractivity contribution < 1.29 is 23.9 Å². The minimum atomic E-state index is -0.613. The molecule has 0 aliphatic rings. The predicted octanol–water partition coefficient (Wildman–Crippen LogP) is 3.40. The zero-order valence-electron chi connectivity index (χ0n) is 15.9. The number of Topliss-reactive ketones (excluding diaryl/α,β-unsaturated/α-hetero) is 1. The quantitative estimate of drug-likeness (QED) is 0.520. The van der Waals surface area contributed by atoms with Crippen molar-refractivity contribution in [2.45, 2.75) is 20.8 Å². The number of fused-ring (bicyclic) bond motifs is 1. The molecule has 0 spiro atoms. The summed E-state index contributed by atoms with van der Waals surface area (Å²) in [5, 5.41) is 0.652. The summed E-state index contributed by atoms with van der Waals surface area (Å²) in [6.45, 7) is 4.85. The van der Waals surface area contributed by atoms with Crippen LogP contribution >= 0.6 is 0 Å². The van der Waals surface area contributed by atoms with Gasteiger partial charge in [-0.2, -0.15) is 0 Å². The minimum Gasteiger partial charge on any atom is -0.462 e. The topological polar surface area (TPSA) is 98.4 Å². The van der Waals surface area contributed by atoms with Crippen LogP contribution in [0.5, 0.6) is 0 Å². The Bertz CT molecular complexity index is 1060. The number of esters is 2. The highest BCUT2D eigenvalue weighted by Crippen LogP contribution is 2.21. The van der Waals surface area contributed by atoms with Crippen molar-refractivity contribution in [3.63, 3.8) is 0 Å². The van der Waals surface area contributed by atoms with Gasteiger partial charge in [-0.1, -0.05) is 12.1 Å². The van der Waals surface area contributed by atoms with E-state index in [2.05, 4.69) is 9.97 Å². The van der Waals surface area contributed by atoms with Gasteiger partial charge in [-0.25, -0.2) is 9.59 Å². The predicted molar refractivity (Wildman–Crippen MR) is 103 cm³/mol. The molecule has 0 aliphatic carbocycles. The molecule has 0 amide bonds. The summed E-state index contributed by atoms with van der Waals surface area (Å²) in [6.07, 6.45) is 1.64. The molecule has 0 unspecified atom stereocenters. The third kappa shape index (κ3) is 3.64. The van der Waals surface area contributed by atoms with Crippen molar-refractivity contribution in [1.82, 2.24) is 9.97 Å². The highest BCUT2D eigenvalue weighted by molar-refractivity contribution is 6.06. The second-order valence-corrected chi connectivity index (χ2v) is 6.22. The lowest BCUT2D eigenvalue weighted by atomic mass is 10.1. The van der Waals surface area contributed by atoms with E-state index in [-0.39, 0.29) is 12.3 Å². The van der Waals surface area contributed by atoms with Crippen LogP contribution in [0, 0.1) is 13.8 Å². The van der Waals surface area contributed by atoms with Gasteiger partial charge < -0.3 is 14.5 Å². The van der Waals surface area contributed by atoms with Crippen LogP contribution in [0.25, 0.3) is 10.9 Å². The lowest BCUT2D eigenvalue weighted by Crippen LogP contribution is -2.16. The third-order valence-corrected chi connectivity index (χ3v) is 4.40. The fourth-order valence-electron chi connectivity index (χ4n) is 3.10. The molecular formula is C21H20N2O5. The average Bonchev–Trinajstić information content (AvgIpc) is 2.99. The molecule has 0 fully saturated rings. The number of H-pyrrole nitrogens is 1. The van der Waals surface area contributed by atoms with Crippen LogP contribution in [0.3, 0.4) is 0 Å². The van der Waals surface area contributed by atoms with Gasteiger partial charge >= 0.3 is 11.9 Å². The number of ketones is 1. The minimum absolute atomic E-state index is 0.230. The standard InChI is InChI=1S/C21H20N2O5/c1-4-27-21(26)18-12(2)19(23-13(18)3)17(24)11-28-20(25)15-7-5-9-16-14(15)8-6-10-22-16/h5-10,23H,4,11H2,1-3H3. The molecule has 7 nitrogen and oxygen atoms in total. The Kier molecular flexibility index (Phi) is 5.54. The molecule has 0 radical (unpaired) electrons. The van der Waals surface area contributed by atoms with E-state index < -0.39 is 24.3 Å². The number of pyridine rings is 1. The third-order valence-electron chi connectivity index (χ3n) is 4.40. The first-order valence-corrected chi connectivity index (χ1v) is 8.84. The van der Waals surface area contributed by atoms with Crippen LogP contribution in [-0.4, -0.2) is 40.9 Å². The number of benzene rings is 1. The van der Waals surface area contributed by atoms with Crippen molar-refractivity contribution in [2.75, 3.05) is 13.2 Å². The average molecular weight is 380 g/mol. The van der Waals surface area contributed by atoms with Crippen LogP contribution in [0.15, 0.2) is 36.5 Å². The molecule has 1 aromatic carbocycles. The number of aromatic nitrogens is 2. The number of carbonyl (C=O) groups is 3. The fourth-order valence-corrected chi connectivity index (χ4v) is 3.10. The molecule has 0 saturated carbocycles. The van der Waals surface area contributed by atoms with Crippen LogP contribution in [0.1, 0.15) is 49.4 Å². The number of aryl methyl sites for hydroxylation is 1. The van der Waals surface area contributed by atoms with Crippen molar-refractivity contribution >= 4 is 28.6 Å². The van der Waals surface area contributed by atoms with Gasteiger partial charge in [0.1, 0.15) is 0 Å². The largest absolute Gasteiger partial charge is 0.462 e. The Hall–Kier alpha value is -3.48. The number of aromatic amines is 1. The van der Waals surface area contributed by atoms with Crippen molar-refractivity contribution in [3.05, 3.63) is 64.6 Å². The van der Waals surface area contributed by atoms with Crippen LogP contribution < -0.4 is 0 Å². The summed E-state index contributed by atoms with van der Waals surface area (Å²) < 4.78 is 10.2. The van der Waals surface area contributed by atoms with Gasteiger partial charge in [0.2, 0.25) is 5.78 Å². The van der Waals surface area contributed by atoms with Gasteiger partial charge in [-0.05, 0) is 44.5 Å². The Labute approximate surface area is 161 Å². The van der Waals surface area contributed by atoms with E-state index in [9.17, 15) is 14.4 Å². The van der Waals surface area contributed by atoms with Crippen molar-refractivity contribution in [3.8, 4) is 0 Å². The second kappa shape index (κ2) is 8.04. The summed E-state index contributed by atoms with van der Waals surface area (Å²) >= 11 is 0. The summed E-state index contributed by atoms with van der Waals surface area (Å²) in [6, 6.07) is 8.62. The molecule has 144 valence electrons. The van der Waals surface area contributed by atoms with E-state index >= 15 is 0 Å². The molecule has 0 atom stereocenters. The van der Waals surface area contributed by atoms with E-state index in [0.717, 1.165) is 0 Å². The molecule has 1 N–H and O–H groups in total. The lowest BCUT2D eigenvalue weighted by molar-refractivity contribution is 0.0474. The maximum absolute atomic E-state index is 12.5. The van der Waals surface area contributed by atoms with Crippen LogP contribution in [0.4, 0.5) is 0 Å². The monoisotopic (exact) mass is 380 g/mol. The Morgan fingerprint density at radius 3 is 2.57 bits per heavy atom. The molecule has 28 heavy (non-hydrogen) atoms. The van der Waals surface area contributed by atoms with E-state index in [1.54, 1.807) is 57.3 Å². The fraction of sp³-hybridized carbons (Fsp3) is 0.238. The maximum atomic E-state index is 12.5. The van der Waals surface area contributed by atoms with Gasteiger partial charge in [0, 0.05) is 17.3 Å². The van der Waals surface area contributed by atoms with E-state index in [4.69, 9.17) is 9.47 Å². The van der Waals surface area contributed by atoms with Gasteiger partial charge in [-0.15, -0.1) is 0 Å². The highest BCUT2D eigenvalue weighted by atomic mass is 16.5. The number of carbonyl (C=O) groups excluding carboxylic acids is 3. The van der Waals surface area contributed by atoms with Crippen molar-refractivity contribution in [2.24, 2.45) is 0 Å². The zero-order valence-corrected chi connectivity index (χ0v) is 15.9. The lowest BCUT2D eigenvalue weighted by Gasteiger charge is -2.07. The summed E-state index contributed by atoms with van der Waals surface area (Å²) in [7, 11) is 0. The summed E-state index contributed by atoms with van der Waals surface area (Å²) in [5.41, 5.74) is 2.57. The van der Waals surface area contributed by atoms with E-state index in [0.29, 0.717) is 33.3 Å². The first kappa shape index (κ1) is 19.3. The Balaban J connectivity index is 1.76. The molecule has 7 heteroatoms. The van der Waals surface area contributed by atoms with E-state index in [1.807, 2.05) is 0 Å². The maximum Gasteiger partial charge on any atom is 0.340 e. The van der Waals surface area contributed by atoms with Gasteiger partial charge in [0.25, 0.3) is 0 Å². The number of nitrogens with one attached hydrogen (secondary N) is 1. The first-order chi connectivity index (χ1) is 13.4. The van der Waals surface area contributed by atoms with Gasteiger partial charge in [0.05, 0.1) is 28.9 Å². The number of hydrogen-bond donors (Lipinski definition) is 1. The molecule has 0 aliphatic heterocycles. The first-order valence-electron chi connectivity index (χ1n) is 8.84. The van der Waals surface area contributed by atoms with E-state index in [1.165, 1.54) is 0 Å². The van der Waals surface area contributed by atoms with Gasteiger partial charge in [0.15, 0.2) is 6.61 Å². The molecule has 0 bridgehead atoms. The summed E-state index contributed by atoms with van der Waals surface area (Å²) in [5.74, 6) is -1.53. The molecule has 2 aromatic heterocycles. The second-order valence-electron chi connectivity index (χ2n) is 6.22. The molecular weight excluding hydrogens is 360 g/mol. The van der Waals surface area contributed by atoms with Gasteiger partial charge in [-0.3, -0.25) is 9.78 Å². The number of nitrogens with zero attached hydrogens (tertiary/aromatic N) is 1. The summed E-state index contributed by atoms with van der Waals surface area (Å²) in [4.78, 5) is 44.1. The number of hydrogen-bond acceptors (Lipinski definition) is 6. The zero-order chi connectivity index (χ0) is 20.3. The molecule has 0 saturated heterocycles. The molecule has 2 heterocycles. The highest BCUT2D eigenvalue weighted by Gasteiger charge is 2.23. The normalized spacial score (nSPS) is 10.7. The smallest absolute Gasteiger partial charge is 0.340 e. The SMILES string of the molecule is CCOC(=O)c1c(C)[nH]c(C(=O)COC(=O)c2cccc3ncccc23)c1C. The number of rotatable bonds is 6. The van der Waals surface area contributed by atoms with Crippen LogP contribution in [-0.2, 0) is 9.47 Å². The van der Waals surface area contributed by atoms with Crippen molar-refractivity contribution in [1.29, 1.82) is 0 Å². The Morgan fingerprint density at radius 1 is 1.04 bits per heavy atom. The molecule has 3 rings (SSSR count). The Morgan fingerprint density at radius 2 is 1.82 bits per heavy atom.